The third kappa shape index (κ3) is 4.88. The van der Waals surface area contributed by atoms with Gasteiger partial charge in [0, 0.05) is 12.6 Å². The third-order valence-electron chi connectivity index (χ3n) is 4.63. The summed E-state index contributed by atoms with van der Waals surface area (Å²) in [5.74, 6) is 1.60. The monoisotopic (exact) mass is 412 g/mol. The van der Waals surface area contributed by atoms with Crippen LogP contribution in [-0.2, 0) is 0 Å². The summed E-state index contributed by atoms with van der Waals surface area (Å²) in [6, 6.07) is 13.3. The molecule has 1 amide bonds. The number of hydrogen-bond acceptors (Lipinski definition) is 5. The number of thiazole rings is 1. The van der Waals surface area contributed by atoms with Gasteiger partial charge in [-0.05, 0) is 50.1 Å². The highest BCUT2D eigenvalue weighted by Crippen LogP contribution is 2.32. The van der Waals surface area contributed by atoms with Crippen molar-refractivity contribution in [2.45, 2.75) is 33.7 Å². The van der Waals surface area contributed by atoms with E-state index < -0.39 is 0 Å². The zero-order chi connectivity index (χ0) is 21.0. The van der Waals surface area contributed by atoms with E-state index in [0.717, 1.165) is 15.2 Å². The molecular weight excluding hydrogens is 384 g/mol. The number of fused-ring (bicyclic) bond motifs is 1. The largest absolute Gasteiger partial charge is 0.490 e. The smallest absolute Gasteiger partial charge is 0.254 e. The number of benzene rings is 2. The van der Waals surface area contributed by atoms with Crippen LogP contribution in [0.3, 0.4) is 0 Å². The number of carbonyl (C=O) groups excluding carboxylic acids is 1. The van der Waals surface area contributed by atoms with Gasteiger partial charge in [0.15, 0.2) is 11.5 Å². The molecule has 1 heterocycles. The molecule has 0 unspecified atom stereocenters. The second-order valence-electron chi connectivity index (χ2n) is 7.41. The summed E-state index contributed by atoms with van der Waals surface area (Å²) in [4.78, 5) is 19.5. The Balaban J connectivity index is 1.81. The quantitative estimate of drug-likeness (QED) is 0.486. The van der Waals surface area contributed by atoms with E-state index in [1.54, 1.807) is 28.4 Å². The van der Waals surface area contributed by atoms with E-state index >= 15 is 0 Å². The van der Waals surface area contributed by atoms with Gasteiger partial charge in [-0.25, -0.2) is 4.98 Å². The van der Waals surface area contributed by atoms with Crippen LogP contribution in [-0.4, -0.2) is 36.1 Å². The van der Waals surface area contributed by atoms with Crippen LogP contribution < -0.4 is 9.47 Å². The summed E-state index contributed by atoms with van der Waals surface area (Å²) in [6.45, 7) is 9.21. The lowest BCUT2D eigenvalue weighted by Crippen LogP contribution is -2.29. The molecule has 0 aliphatic carbocycles. The summed E-state index contributed by atoms with van der Waals surface area (Å²) in [6.07, 6.45) is 0. The van der Waals surface area contributed by atoms with E-state index in [4.69, 9.17) is 14.5 Å². The van der Waals surface area contributed by atoms with Crippen LogP contribution in [0.25, 0.3) is 10.2 Å². The number of carbonyl (C=O) groups is 1. The first-order chi connectivity index (χ1) is 13.9. The number of aromatic nitrogens is 1. The highest BCUT2D eigenvalue weighted by Gasteiger charge is 2.23. The summed E-state index contributed by atoms with van der Waals surface area (Å²) >= 11 is 1.62. The van der Waals surface area contributed by atoms with Crippen molar-refractivity contribution in [1.29, 1.82) is 0 Å². The number of nitrogens with zero attached hydrogens (tertiary/aromatic N) is 2. The number of para-hydroxylation sites is 1. The zero-order valence-electron chi connectivity index (χ0n) is 17.6. The maximum Gasteiger partial charge on any atom is 0.254 e. The van der Waals surface area contributed by atoms with E-state index in [9.17, 15) is 4.79 Å². The van der Waals surface area contributed by atoms with Gasteiger partial charge in [0.2, 0.25) is 0 Å². The van der Waals surface area contributed by atoms with Crippen LogP contribution in [0.1, 0.15) is 49.1 Å². The molecule has 5 nitrogen and oxygen atoms in total. The third-order valence-corrected chi connectivity index (χ3v) is 5.84. The Hall–Kier alpha value is -2.60. The Kier molecular flexibility index (Phi) is 6.75. The fourth-order valence-corrected chi connectivity index (χ4v) is 3.96. The Morgan fingerprint density at radius 3 is 2.55 bits per heavy atom. The van der Waals surface area contributed by atoms with Crippen LogP contribution in [0.2, 0.25) is 0 Å². The van der Waals surface area contributed by atoms with Crippen molar-refractivity contribution < 1.29 is 14.3 Å². The van der Waals surface area contributed by atoms with Crippen molar-refractivity contribution in [1.82, 2.24) is 9.88 Å². The highest BCUT2D eigenvalue weighted by molar-refractivity contribution is 7.18. The Bertz CT molecular complexity index is 950. The van der Waals surface area contributed by atoms with E-state index in [2.05, 4.69) is 19.9 Å². The van der Waals surface area contributed by atoms with E-state index in [1.165, 1.54) is 0 Å². The first kappa shape index (κ1) is 21.1. The Labute approximate surface area is 176 Å². The molecule has 154 valence electrons. The maximum atomic E-state index is 13.1. The van der Waals surface area contributed by atoms with Crippen molar-refractivity contribution in [3.8, 4) is 11.5 Å². The van der Waals surface area contributed by atoms with E-state index in [1.807, 2.05) is 45.2 Å². The van der Waals surface area contributed by atoms with Crippen LogP contribution in [0.5, 0.6) is 11.5 Å². The topological polar surface area (TPSA) is 51.7 Å². The number of amides is 1. The molecule has 29 heavy (non-hydrogen) atoms. The molecule has 0 saturated carbocycles. The minimum absolute atomic E-state index is 0.0758. The summed E-state index contributed by atoms with van der Waals surface area (Å²) in [5.41, 5.74) is 1.53. The maximum absolute atomic E-state index is 13.1. The molecule has 0 fully saturated rings. The zero-order valence-corrected chi connectivity index (χ0v) is 18.5. The SMILES string of the molecule is CCOc1cc(C(=O)N(C)[C@@H](C)c2nc3ccccc3s2)ccc1OCC(C)C. The van der Waals surface area contributed by atoms with Crippen molar-refractivity contribution in [3.63, 3.8) is 0 Å². The van der Waals surface area contributed by atoms with Crippen LogP contribution in [0.15, 0.2) is 42.5 Å². The van der Waals surface area contributed by atoms with Crippen LogP contribution in [0.4, 0.5) is 0 Å². The number of hydrogen-bond donors (Lipinski definition) is 0. The fourth-order valence-electron chi connectivity index (χ4n) is 2.90. The normalized spacial score (nSPS) is 12.2. The van der Waals surface area contributed by atoms with Gasteiger partial charge in [-0.15, -0.1) is 11.3 Å². The standard InChI is InChI=1S/C23H28N2O3S/c1-6-27-20-13-17(11-12-19(20)28-14-15(2)3)23(26)25(5)16(4)22-24-18-9-7-8-10-21(18)29-22/h7-13,15-16H,6,14H2,1-5H3/t16-/m0/s1. The van der Waals surface area contributed by atoms with Gasteiger partial charge in [-0.3, -0.25) is 4.79 Å². The van der Waals surface area contributed by atoms with Gasteiger partial charge >= 0.3 is 0 Å². The lowest BCUT2D eigenvalue weighted by molar-refractivity contribution is 0.0742. The molecule has 0 spiro atoms. The van der Waals surface area contributed by atoms with Crippen LogP contribution >= 0.6 is 11.3 Å². The first-order valence-corrected chi connectivity index (χ1v) is 10.7. The molecule has 1 atom stereocenters. The summed E-state index contributed by atoms with van der Waals surface area (Å²) in [7, 11) is 1.81. The van der Waals surface area contributed by atoms with Crippen molar-refractivity contribution in [3.05, 3.63) is 53.0 Å². The predicted molar refractivity (Wildman–Crippen MR) is 118 cm³/mol. The molecule has 0 aliphatic rings. The molecule has 0 radical (unpaired) electrons. The van der Waals surface area contributed by atoms with E-state index in [-0.39, 0.29) is 11.9 Å². The lowest BCUT2D eigenvalue weighted by Gasteiger charge is -2.24. The molecule has 0 saturated heterocycles. The second-order valence-corrected chi connectivity index (χ2v) is 8.47. The Morgan fingerprint density at radius 2 is 1.86 bits per heavy atom. The molecule has 0 N–H and O–H groups in total. The van der Waals surface area contributed by atoms with E-state index in [0.29, 0.717) is 36.2 Å². The molecule has 3 aromatic rings. The lowest BCUT2D eigenvalue weighted by atomic mass is 10.1. The first-order valence-electron chi connectivity index (χ1n) is 9.93. The van der Waals surface area contributed by atoms with Gasteiger partial charge in [0.25, 0.3) is 5.91 Å². The van der Waals surface area contributed by atoms with Gasteiger partial charge in [-0.2, -0.15) is 0 Å². The molecule has 6 heteroatoms. The molecule has 0 aliphatic heterocycles. The second kappa shape index (κ2) is 9.27. The molecule has 2 aromatic carbocycles. The van der Waals surface area contributed by atoms with Gasteiger partial charge in [-0.1, -0.05) is 26.0 Å². The molecule has 0 bridgehead atoms. The molecule has 3 rings (SSSR count). The average Bonchev–Trinajstić information content (AvgIpc) is 3.15. The molecular formula is C23H28N2O3S. The van der Waals surface area contributed by atoms with Gasteiger partial charge in [0.05, 0.1) is 29.5 Å². The summed E-state index contributed by atoms with van der Waals surface area (Å²) < 4.78 is 12.7. The Morgan fingerprint density at radius 1 is 1.10 bits per heavy atom. The minimum Gasteiger partial charge on any atom is -0.490 e. The van der Waals surface area contributed by atoms with Gasteiger partial charge in [0.1, 0.15) is 5.01 Å². The fraction of sp³-hybridized carbons (Fsp3) is 0.391. The molecule has 1 aromatic heterocycles. The number of ether oxygens (including phenoxy) is 2. The number of rotatable bonds is 8. The highest BCUT2D eigenvalue weighted by atomic mass is 32.1. The predicted octanol–water partition coefficient (Wildman–Crippen LogP) is 5.56. The van der Waals surface area contributed by atoms with Crippen molar-refractivity contribution >= 4 is 27.5 Å². The van der Waals surface area contributed by atoms with Crippen molar-refractivity contribution in [2.24, 2.45) is 5.92 Å². The summed E-state index contributed by atoms with van der Waals surface area (Å²) in [5, 5.41) is 0.920. The van der Waals surface area contributed by atoms with Crippen LogP contribution in [0, 0.1) is 5.92 Å². The minimum atomic E-state index is -0.132. The van der Waals surface area contributed by atoms with Crippen molar-refractivity contribution in [2.75, 3.05) is 20.3 Å². The average molecular weight is 413 g/mol. The van der Waals surface area contributed by atoms with Gasteiger partial charge < -0.3 is 14.4 Å².